The van der Waals surface area contributed by atoms with Gasteiger partial charge in [-0.2, -0.15) is 0 Å². The van der Waals surface area contributed by atoms with Crippen molar-refractivity contribution < 1.29 is 53.7 Å². The zero-order valence-corrected chi connectivity index (χ0v) is 19.9. The zero-order valence-electron chi connectivity index (χ0n) is 19.9. The van der Waals surface area contributed by atoms with Crippen LogP contribution in [-0.4, -0.2) is 19.1 Å². The van der Waals surface area contributed by atoms with Gasteiger partial charge >= 0.3 is 19.1 Å². The lowest BCUT2D eigenvalue weighted by molar-refractivity contribution is -0.275. The minimum absolute atomic E-state index is 0.384. The minimum atomic E-state index is -4.89. The number of rotatable bonds is 6. The van der Waals surface area contributed by atoms with Crippen LogP contribution in [0.15, 0.2) is 84.9 Å². The first-order valence-electron chi connectivity index (χ1n) is 11.1. The Morgan fingerprint density at radius 1 is 0.400 bits per heavy atom. The molecule has 0 spiro atoms. The van der Waals surface area contributed by atoms with Gasteiger partial charge in [0.05, 0.1) is 0 Å². The second kappa shape index (κ2) is 10.7. The lowest BCUT2D eigenvalue weighted by Crippen LogP contribution is -2.16. The maximum Gasteiger partial charge on any atom is 0.573 e. The van der Waals surface area contributed by atoms with Gasteiger partial charge in [-0.15, -0.1) is 39.5 Å². The fourth-order valence-electron chi connectivity index (χ4n) is 3.88. The third-order valence-electron chi connectivity index (χ3n) is 5.47. The Bertz CT molecular complexity index is 1370. The van der Waals surface area contributed by atoms with E-state index >= 15 is 0 Å². The van der Waals surface area contributed by atoms with Crippen LogP contribution in [-0.2, 0) is 0 Å². The van der Waals surface area contributed by atoms with Crippen molar-refractivity contribution in [3.63, 3.8) is 0 Å². The summed E-state index contributed by atoms with van der Waals surface area (Å²) in [5.41, 5.74) is 3.05. The Morgan fingerprint density at radius 2 is 0.675 bits per heavy atom. The molecule has 0 fully saturated rings. The van der Waals surface area contributed by atoms with Crippen LogP contribution in [0.3, 0.4) is 0 Å². The number of halogens is 9. The number of ether oxygens (including phenoxy) is 3. The summed E-state index contributed by atoms with van der Waals surface area (Å²) in [6.45, 7) is 4.06. The topological polar surface area (TPSA) is 27.7 Å². The summed E-state index contributed by atoms with van der Waals surface area (Å²) in [6.07, 6.45) is -14.7. The van der Waals surface area contributed by atoms with Crippen molar-refractivity contribution in [3.05, 3.63) is 97.4 Å². The normalized spacial score (nSPS) is 12.2. The van der Waals surface area contributed by atoms with Gasteiger partial charge in [-0.1, -0.05) is 36.4 Å². The first-order chi connectivity index (χ1) is 18.6. The van der Waals surface area contributed by atoms with Crippen LogP contribution in [0.25, 0.3) is 33.4 Å². The molecular formula is C28H16F9O3. The van der Waals surface area contributed by atoms with Gasteiger partial charge in [0.1, 0.15) is 17.2 Å². The van der Waals surface area contributed by atoms with E-state index < -0.39 is 36.3 Å². The highest BCUT2D eigenvalue weighted by Gasteiger charge is 2.32. The molecule has 4 aromatic carbocycles. The molecule has 0 heterocycles. The minimum Gasteiger partial charge on any atom is -0.406 e. The van der Waals surface area contributed by atoms with Crippen molar-refractivity contribution >= 4 is 0 Å². The Labute approximate surface area is 221 Å². The van der Waals surface area contributed by atoms with Crippen molar-refractivity contribution in [1.29, 1.82) is 0 Å². The van der Waals surface area contributed by atoms with E-state index in [1.54, 1.807) is 12.1 Å². The maximum atomic E-state index is 12.6. The first-order valence-corrected chi connectivity index (χ1v) is 11.1. The molecular weight excluding hydrogens is 555 g/mol. The van der Waals surface area contributed by atoms with Crippen molar-refractivity contribution in [3.8, 4) is 50.6 Å². The van der Waals surface area contributed by atoms with Crippen LogP contribution in [0, 0.1) is 6.92 Å². The summed E-state index contributed by atoms with van der Waals surface area (Å²) < 4.78 is 125. The molecule has 4 rings (SSSR count). The van der Waals surface area contributed by atoms with Gasteiger partial charge in [0.25, 0.3) is 0 Å². The van der Waals surface area contributed by atoms with Gasteiger partial charge in [-0.3, -0.25) is 0 Å². The molecule has 4 aromatic rings. The quantitative estimate of drug-likeness (QED) is 0.216. The number of hydrogen-bond acceptors (Lipinski definition) is 3. The molecule has 0 unspecified atom stereocenters. The first kappa shape index (κ1) is 28.7. The Kier molecular flexibility index (Phi) is 7.64. The predicted octanol–water partition coefficient (Wildman–Crippen LogP) is 9.57. The van der Waals surface area contributed by atoms with E-state index in [-0.39, 0.29) is 0 Å². The van der Waals surface area contributed by atoms with Crippen molar-refractivity contribution in [1.82, 2.24) is 0 Å². The maximum absolute atomic E-state index is 12.6. The smallest absolute Gasteiger partial charge is 0.406 e. The van der Waals surface area contributed by atoms with Crippen molar-refractivity contribution in [2.45, 2.75) is 19.1 Å². The van der Waals surface area contributed by atoms with Crippen LogP contribution in [0.1, 0.15) is 5.56 Å². The van der Waals surface area contributed by atoms with E-state index in [0.717, 1.165) is 36.4 Å². The van der Waals surface area contributed by atoms with Crippen LogP contribution in [0.2, 0.25) is 0 Å². The lowest BCUT2D eigenvalue weighted by atomic mass is 9.88. The summed E-state index contributed by atoms with van der Waals surface area (Å²) in [4.78, 5) is 0. The molecule has 0 aliphatic heterocycles. The summed E-state index contributed by atoms with van der Waals surface area (Å²) in [5, 5.41) is 0. The lowest BCUT2D eigenvalue weighted by Gasteiger charge is -2.17. The highest BCUT2D eigenvalue weighted by atomic mass is 19.4. The molecule has 0 atom stereocenters. The Balaban J connectivity index is 1.79. The van der Waals surface area contributed by atoms with Crippen molar-refractivity contribution in [2.24, 2.45) is 0 Å². The van der Waals surface area contributed by atoms with Gasteiger partial charge < -0.3 is 14.2 Å². The van der Waals surface area contributed by atoms with Crippen LogP contribution in [0.4, 0.5) is 39.5 Å². The average Bonchev–Trinajstić information content (AvgIpc) is 2.83. The van der Waals surface area contributed by atoms with E-state index in [1.807, 2.05) is 0 Å². The SMILES string of the molecule is [CH2]c1c(-c2ccc(OC(F)(F)F)cc2)cc(-c2ccc(OC(F)(F)F)cc2)cc1-c1ccc(OC(F)(F)F)cc1. The molecule has 0 saturated carbocycles. The molecule has 0 N–H and O–H groups in total. The molecule has 209 valence electrons. The molecule has 0 amide bonds. The van der Waals surface area contributed by atoms with E-state index in [0.29, 0.717) is 38.9 Å². The van der Waals surface area contributed by atoms with Crippen LogP contribution < -0.4 is 14.2 Å². The fourth-order valence-corrected chi connectivity index (χ4v) is 3.88. The second-order valence-corrected chi connectivity index (χ2v) is 8.27. The standard InChI is InChI=1S/C28H16F9O3/c1-16-24(18-4-10-22(11-5-18)39-27(32,33)34)14-20(17-2-8-21(9-3-17)38-26(29,30)31)15-25(16)19-6-12-23(13-7-19)40-28(35,36)37/h2-15H,1H2. The summed E-state index contributed by atoms with van der Waals surface area (Å²) >= 11 is 0. The van der Waals surface area contributed by atoms with Gasteiger partial charge in [0.2, 0.25) is 0 Å². The second-order valence-electron chi connectivity index (χ2n) is 8.27. The molecule has 3 nitrogen and oxygen atoms in total. The highest BCUT2D eigenvalue weighted by molar-refractivity contribution is 5.86. The number of benzene rings is 4. The molecule has 0 aliphatic carbocycles. The van der Waals surface area contributed by atoms with Crippen LogP contribution in [0.5, 0.6) is 17.2 Å². The summed E-state index contributed by atoms with van der Waals surface area (Å²) in [6, 6.07) is 18.0. The molecule has 0 saturated heterocycles. The van der Waals surface area contributed by atoms with E-state index in [9.17, 15) is 39.5 Å². The molecule has 40 heavy (non-hydrogen) atoms. The third kappa shape index (κ3) is 7.61. The van der Waals surface area contributed by atoms with Crippen LogP contribution >= 0.6 is 0 Å². The number of hydrogen-bond donors (Lipinski definition) is 0. The van der Waals surface area contributed by atoms with E-state index in [4.69, 9.17) is 0 Å². The van der Waals surface area contributed by atoms with Crippen molar-refractivity contribution in [2.75, 3.05) is 0 Å². The fraction of sp³-hybridized carbons (Fsp3) is 0.107. The molecule has 1 radical (unpaired) electrons. The summed E-state index contributed by atoms with van der Waals surface area (Å²) in [7, 11) is 0. The Morgan fingerprint density at radius 3 is 0.950 bits per heavy atom. The van der Waals surface area contributed by atoms with E-state index in [2.05, 4.69) is 21.1 Å². The van der Waals surface area contributed by atoms with E-state index in [1.165, 1.54) is 36.4 Å². The van der Waals surface area contributed by atoms with Gasteiger partial charge in [-0.05, 0) is 94.4 Å². The molecule has 0 bridgehead atoms. The number of alkyl halides is 9. The monoisotopic (exact) mass is 571 g/mol. The van der Waals surface area contributed by atoms with Gasteiger partial charge in [0.15, 0.2) is 0 Å². The average molecular weight is 571 g/mol. The highest BCUT2D eigenvalue weighted by Crippen LogP contribution is 2.39. The molecule has 0 aromatic heterocycles. The van der Waals surface area contributed by atoms with Gasteiger partial charge in [-0.25, -0.2) is 0 Å². The van der Waals surface area contributed by atoms with Gasteiger partial charge in [0, 0.05) is 0 Å². The predicted molar refractivity (Wildman–Crippen MR) is 127 cm³/mol. The zero-order chi connectivity index (χ0) is 29.3. The molecule has 12 heteroatoms. The summed E-state index contributed by atoms with van der Waals surface area (Å²) in [5.74, 6) is -1.37. The third-order valence-corrected chi connectivity index (χ3v) is 5.47. The molecule has 0 aliphatic rings. The largest absolute Gasteiger partial charge is 0.573 e. The Hall–Kier alpha value is -4.35.